The summed E-state index contributed by atoms with van der Waals surface area (Å²) in [7, 11) is 0. The number of β-amino-alcohol motifs (C(OH)–C–C–N with tert-alkyl or cyclic N) is 1. The average molecular weight is 578 g/mol. The molecule has 0 aliphatic carbocycles. The van der Waals surface area contributed by atoms with E-state index in [0.717, 1.165) is 16.6 Å². The number of nitrogens with zero attached hydrogens (tertiary/aromatic N) is 5. The number of benzene rings is 3. The third kappa shape index (κ3) is 6.31. The number of anilines is 2. The SMILES string of the molecule is CC(Nc1nccc(-n2cnc3cc(NC(=O)C4CC(O)CN4C(=O)OCc4ccccc4)ccc32)n1)c1ccccc1. The Hall–Kier alpha value is -5.29. The van der Waals surface area contributed by atoms with Crippen LogP contribution < -0.4 is 10.6 Å². The molecule has 11 nitrogen and oxygen atoms in total. The van der Waals surface area contributed by atoms with Crippen LogP contribution in [0.2, 0.25) is 0 Å². The Kier molecular flexibility index (Phi) is 7.96. The van der Waals surface area contributed by atoms with E-state index in [-0.39, 0.29) is 25.6 Å². The molecule has 3 heterocycles. The standard InChI is InChI=1S/C32H31N7O4/c1-21(23-10-6-3-7-11-23)35-31-33-15-14-29(37-31)39-20-34-26-16-24(12-13-27(26)39)36-30(41)28-17-25(40)18-38(28)32(42)43-19-22-8-4-2-5-9-22/h2-16,20-21,25,28,40H,17-19H2,1H3,(H,36,41)(H,33,35,37). The van der Waals surface area contributed by atoms with Crippen LogP contribution >= 0.6 is 0 Å². The van der Waals surface area contributed by atoms with Crippen molar-refractivity contribution in [3.63, 3.8) is 0 Å². The summed E-state index contributed by atoms with van der Waals surface area (Å²) in [6.07, 6.45) is 2.01. The summed E-state index contributed by atoms with van der Waals surface area (Å²) in [5, 5.41) is 16.4. The molecule has 3 N–H and O–H groups in total. The lowest BCUT2D eigenvalue weighted by Crippen LogP contribution is -2.43. The van der Waals surface area contributed by atoms with Crippen molar-refractivity contribution in [3.8, 4) is 5.82 Å². The summed E-state index contributed by atoms with van der Waals surface area (Å²) in [6.45, 7) is 2.15. The number of fused-ring (bicyclic) bond motifs is 1. The Morgan fingerprint density at radius 3 is 2.58 bits per heavy atom. The normalized spacial score (nSPS) is 17.0. The Balaban J connectivity index is 1.13. The summed E-state index contributed by atoms with van der Waals surface area (Å²) in [6, 6.07) is 25.7. The van der Waals surface area contributed by atoms with E-state index in [1.807, 2.05) is 78.2 Å². The van der Waals surface area contributed by atoms with Crippen LogP contribution in [-0.2, 0) is 16.1 Å². The minimum Gasteiger partial charge on any atom is -0.445 e. The molecule has 218 valence electrons. The Morgan fingerprint density at radius 2 is 1.79 bits per heavy atom. The van der Waals surface area contributed by atoms with Crippen molar-refractivity contribution in [1.29, 1.82) is 0 Å². The second-order valence-corrected chi connectivity index (χ2v) is 10.4. The smallest absolute Gasteiger partial charge is 0.410 e. The molecule has 43 heavy (non-hydrogen) atoms. The predicted molar refractivity (Wildman–Crippen MR) is 162 cm³/mol. The van der Waals surface area contributed by atoms with Gasteiger partial charge in [-0.25, -0.2) is 14.8 Å². The average Bonchev–Trinajstić information content (AvgIpc) is 3.64. The summed E-state index contributed by atoms with van der Waals surface area (Å²) >= 11 is 0. The first-order valence-electron chi connectivity index (χ1n) is 14.0. The van der Waals surface area contributed by atoms with Crippen molar-refractivity contribution in [2.45, 2.75) is 38.1 Å². The van der Waals surface area contributed by atoms with E-state index < -0.39 is 24.1 Å². The lowest BCUT2D eigenvalue weighted by Gasteiger charge is -2.23. The molecule has 5 aromatic rings. The van der Waals surface area contributed by atoms with Crippen molar-refractivity contribution >= 4 is 34.7 Å². The molecule has 1 saturated heterocycles. The zero-order valence-electron chi connectivity index (χ0n) is 23.5. The number of aliphatic hydroxyl groups excluding tert-OH is 1. The molecule has 0 saturated carbocycles. The lowest BCUT2D eigenvalue weighted by atomic mass is 10.1. The number of hydrogen-bond donors (Lipinski definition) is 3. The number of ether oxygens (including phenoxy) is 1. The van der Waals surface area contributed by atoms with Gasteiger partial charge >= 0.3 is 6.09 Å². The topological polar surface area (TPSA) is 134 Å². The van der Waals surface area contributed by atoms with Gasteiger partial charge in [0.15, 0.2) is 0 Å². The molecule has 1 fully saturated rings. The number of hydrogen-bond acceptors (Lipinski definition) is 8. The van der Waals surface area contributed by atoms with Crippen LogP contribution in [-0.4, -0.2) is 60.2 Å². The minimum absolute atomic E-state index is 0.0183. The quantitative estimate of drug-likeness (QED) is 0.242. The summed E-state index contributed by atoms with van der Waals surface area (Å²) in [4.78, 5) is 40.8. The van der Waals surface area contributed by atoms with Gasteiger partial charge in [0.1, 0.15) is 24.8 Å². The van der Waals surface area contributed by atoms with Gasteiger partial charge in [-0.1, -0.05) is 60.7 Å². The largest absolute Gasteiger partial charge is 0.445 e. The second-order valence-electron chi connectivity index (χ2n) is 10.4. The number of aromatic nitrogens is 4. The minimum atomic E-state index is -0.864. The highest BCUT2D eigenvalue weighted by Gasteiger charge is 2.40. The molecule has 3 unspecified atom stereocenters. The fourth-order valence-corrected chi connectivity index (χ4v) is 5.14. The number of carbonyl (C=O) groups is 2. The van der Waals surface area contributed by atoms with Gasteiger partial charge in [-0.15, -0.1) is 0 Å². The molecule has 2 aromatic heterocycles. The molecule has 2 amide bonds. The van der Waals surface area contributed by atoms with Crippen LogP contribution in [0, 0.1) is 0 Å². The van der Waals surface area contributed by atoms with E-state index in [1.54, 1.807) is 30.7 Å². The summed E-state index contributed by atoms with van der Waals surface area (Å²) in [5.74, 6) is 0.720. The Labute approximate surface area is 248 Å². The molecule has 6 rings (SSSR count). The molecular weight excluding hydrogens is 546 g/mol. The number of carbonyl (C=O) groups excluding carboxylic acids is 2. The van der Waals surface area contributed by atoms with Crippen molar-refractivity contribution in [2.24, 2.45) is 0 Å². The monoisotopic (exact) mass is 577 g/mol. The Morgan fingerprint density at radius 1 is 1.02 bits per heavy atom. The van der Waals surface area contributed by atoms with E-state index in [4.69, 9.17) is 4.74 Å². The molecule has 0 spiro atoms. The number of aliphatic hydroxyl groups is 1. The van der Waals surface area contributed by atoms with Crippen molar-refractivity contribution in [3.05, 3.63) is 109 Å². The van der Waals surface area contributed by atoms with Crippen molar-refractivity contribution < 1.29 is 19.4 Å². The van der Waals surface area contributed by atoms with Crippen LogP contribution in [0.25, 0.3) is 16.9 Å². The van der Waals surface area contributed by atoms with Crippen LogP contribution in [0.5, 0.6) is 0 Å². The van der Waals surface area contributed by atoms with Crippen LogP contribution in [0.15, 0.2) is 97.5 Å². The van der Waals surface area contributed by atoms with Gasteiger partial charge in [0.05, 0.1) is 29.7 Å². The highest BCUT2D eigenvalue weighted by molar-refractivity contribution is 5.98. The maximum Gasteiger partial charge on any atom is 0.410 e. The fraction of sp³-hybridized carbons (Fsp3) is 0.219. The van der Waals surface area contributed by atoms with Gasteiger partial charge in [0, 0.05) is 18.3 Å². The van der Waals surface area contributed by atoms with Crippen LogP contribution in [0.4, 0.5) is 16.4 Å². The van der Waals surface area contributed by atoms with Gasteiger partial charge in [0.2, 0.25) is 11.9 Å². The van der Waals surface area contributed by atoms with Gasteiger partial charge in [-0.2, -0.15) is 4.98 Å². The molecule has 1 aliphatic rings. The third-order valence-corrected chi connectivity index (χ3v) is 7.37. The van der Waals surface area contributed by atoms with Gasteiger partial charge in [-0.05, 0) is 42.3 Å². The number of nitrogens with one attached hydrogen (secondary N) is 2. The van der Waals surface area contributed by atoms with E-state index >= 15 is 0 Å². The molecular formula is C32H31N7O4. The molecule has 11 heteroatoms. The zero-order valence-corrected chi connectivity index (χ0v) is 23.5. The maximum atomic E-state index is 13.2. The Bertz CT molecular complexity index is 1730. The molecule has 0 bridgehead atoms. The first-order valence-corrected chi connectivity index (χ1v) is 14.0. The predicted octanol–water partition coefficient (Wildman–Crippen LogP) is 4.70. The summed E-state index contributed by atoms with van der Waals surface area (Å²) in [5.41, 5.74) is 3.91. The van der Waals surface area contributed by atoms with Crippen LogP contribution in [0.1, 0.15) is 30.5 Å². The lowest BCUT2D eigenvalue weighted by molar-refractivity contribution is -0.120. The van der Waals surface area contributed by atoms with E-state index in [0.29, 0.717) is 23.0 Å². The number of likely N-dealkylation sites (tertiary alicyclic amines) is 1. The second kappa shape index (κ2) is 12.3. The fourth-order valence-electron chi connectivity index (χ4n) is 5.14. The highest BCUT2D eigenvalue weighted by Crippen LogP contribution is 2.25. The van der Waals surface area contributed by atoms with Crippen molar-refractivity contribution in [1.82, 2.24) is 24.4 Å². The van der Waals surface area contributed by atoms with E-state index in [2.05, 4.69) is 25.6 Å². The van der Waals surface area contributed by atoms with Gasteiger partial charge < -0.3 is 20.5 Å². The third-order valence-electron chi connectivity index (χ3n) is 7.37. The molecule has 0 radical (unpaired) electrons. The first-order chi connectivity index (χ1) is 20.9. The zero-order chi connectivity index (χ0) is 29.8. The van der Waals surface area contributed by atoms with E-state index in [9.17, 15) is 14.7 Å². The van der Waals surface area contributed by atoms with Gasteiger partial charge in [-0.3, -0.25) is 14.3 Å². The van der Waals surface area contributed by atoms with Crippen LogP contribution in [0.3, 0.4) is 0 Å². The molecule has 1 aliphatic heterocycles. The maximum absolute atomic E-state index is 13.2. The highest BCUT2D eigenvalue weighted by atomic mass is 16.6. The number of amides is 2. The molecule has 3 atom stereocenters. The van der Waals surface area contributed by atoms with E-state index in [1.165, 1.54) is 4.90 Å². The van der Waals surface area contributed by atoms with Gasteiger partial charge in [0.25, 0.3) is 0 Å². The summed E-state index contributed by atoms with van der Waals surface area (Å²) < 4.78 is 7.26. The number of rotatable bonds is 8. The number of imidazole rings is 1. The van der Waals surface area contributed by atoms with Crippen molar-refractivity contribution in [2.75, 3.05) is 17.2 Å². The molecule has 3 aromatic carbocycles. The first kappa shape index (κ1) is 27.9.